The van der Waals surface area contributed by atoms with E-state index in [2.05, 4.69) is 41.2 Å². The average molecular weight is 251 g/mol. The van der Waals surface area contributed by atoms with E-state index in [-0.39, 0.29) is 5.41 Å². The van der Waals surface area contributed by atoms with Gasteiger partial charge in [0, 0.05) is 29.5 Å². The maximum atomic E-state index is 5.79. The predicted octanol–water partition coefficient (Wildman–Crippen LogP) is 3.28. The molecule has 0 saturated heterocycles. The number of H-pyrrole nitrogens is 2. The first-order valence-corrected chi connectivity index (χ1v) is 6.35. The van der Waals surface area contributed by atoms with Crippen LogP contribution in [0.4, 0.5) is 5.69 Å². The summed E-state index contributed by atoms with van der Waals surface area (Å²) in [6.07, 6.45) is 3.90. The smallest absolute Gasteiger partial charge is 0.0723 e. The lowest BCUT2D eigenvalue weighted by molar-refractivity contribution is 0.651. The molecule has 96 valence electrons. The van der Waals surface area contributed by atoms with Crippen molar-refractivity contribution in [3.63, 3.8) is 0 Å². The van der Waals surface area contributed by atoms with E-state index in [1.165, 1.54) is 5.56 Å². The van der Waals surface area contributed by atoms with Gasteiger partial charge in [0.05, 0.1) is 5.41 Å². The Bertz CT molecular complexity index is 600. The van der Waals surface area contributed by atoms with Crippen molar-refractivity contribution >= 4 is 5.69 Å². The Morgan fingerprint density at radius 1 is 0.842 bits per heavy atom. The van der Waals surface area contributed by atoms with E-state index >= 15 is 0 Å². The van der Waals surface area contributed by atoms with Crippen LogP contribution >= 0.6 is 0 Å². The van der Waals surface area contributed by atoms with Crippen LogP contribution in [0.2, 0.25) is 0 Å². The van der Waals surface area contributed by atoms with Gasteiger partial charge in [0.1, 0.15) is 0 Å². The van der Waals surface area contributed by atoms with Crippen molar-refractivity contribution in [1.82, 2.24) is 9.97 Å². The highest BCUT2D eigenvalue weighted by Crippen LogP contribution is 2.37. The third-order valence-electron chi connectivity index (χ3n) is 3.76. The minimum Gasteiger partial charge on any atom is -0.399 e. The fourth-order valence-corrected chi connectivity index (χ4v) is 2.56. The van der Waals surface area contributed by atoms with Crippen molar-refractivity contribution in [2.75, 3.05) is 5.73 Å². The summed E-state index contributed by atoms with van der Waals surface area (Å²) in [5.74, 6) is 0. The van der Waals surface area contributed by atoms with Crippen LogP contribution in [0.3, 0.4) is 0 Å². The Labute approximate surface area is 112 Å². The van der Waals surface area contributed by atoms with Gasteiger partial charge in [-0.15, -0.1) is 0 Å². The zero-order chi connectivity index (χ0) is 13.3. The fraction of sp³-hybridized carbons (Fsp3) is 0.125. The number of nitrogen functional groups attached to an aromatic ring is 1. The van der Waals surface area contributed by atoms with Crippen molar-refractivity contribution in [3.8, 4) is 0 Å². The second kappa shape index (κ2) is 4.35. The highest BCUT2D eigenvalue weighted by molar-refractivity contribution is 5.49. The van der Waals surface area contributed by atoms with E-state index in [1.807, 2.05) is 36.7 Å². The van der Waals surface area contributed by atoms with E-state index in [1.54, 1.807) is 0 Å². The van der Waals surface area contributed by atoms with Gasteiger partial charge in [-0.2, -0.15) is 0 Å². The van der Waals surface area contributed by atoms with Gasteiger partial charge < -0.3 is 15.7 Å². The van der Waals surface area contributed by atoms with Gasteiger partial charge >= 0.3 is 0 Å². The molecular weight excluding hydrogens is 234 g/mol. The number of rotatable bonds is 3. The summed E-state index contributed by atoms with van der Waals surface area (Å²) in [5.41, 5.74) is 9.84. The molecule has 0 unspecified atom stereocenters. The number of aromatic nitrogens is 2. The molecule has 0 aliphatic heterocycles. The van der Waals surface area contributed by atoms with Crippen LogP contribution in [0, 0.1) is 0 Å². The maximum Gasteiger partial charge on any atom is 0.0723 e. The molecule has 0 saturated carbocycles. The van der Waals surface area contributed by atoms with Crippen molar-refractivity contribution in [2.24, 2.45) is 0 Å². The molecule has 0 bridgehead atoms. The first-order valence-electron chi connectivity index (χ1n) is 6.35. The standard InChI is InChI=1S/C16H17N3/c1-16(14-4-2-10-18-14,15-5-3-11-19-15)12-6-8-13(17)9-7-12/h2-11,18-19H,17H2,1H3. The topological polar surface area (TPSA) is 57.6 Å². The molecule has 0 spiro atoms. The summed E-state index contributed by atoms with van der Waals surface area (Å²) < 4.78 is 0. The molecule has 19 heavy (non-hydrogen) atoms. The van der Waals surface area contributed by atoms with Crippen LogP contribution in [-0.4, -0.2) is 9.97 Å². The minimum atomic E-state index is -0.235. The van der Waals surface area contributed by atoms with E-state index in [9.17, 15) is 0 Å². The Kier molecular flexibility index (Phi) is 2.67. The Morgan fingerprint density at radius 2 is 1.37 bits per heavy atom. The van der Waals surface area contributed by atoms with Gasteiger partial charge in [0.15, 0.2) is 0 Å². The van der Waals surface area contributed by atoms with Crippen molar-refractivity contribution in [3.05, 3.63) is 77.9 Å². The van der Waals surface area contributed by atoms with Crippen molar-refractivity contribution in [2.45, 2.75) is 12.3 Å². The Hall–Kier alpha value is -2.42. The summed E-state index contributed by atoms with van der Waals surface area (Å²) >= 11 is 0. The van der Waals surface area contributed by atoms with Crippen LogP contribution in [-0.2, 0) is 5.41 Å². The number of aromatic amines is 2. The third-order valence-corrected chi connectivity index (χ3v) is 3.76. The highest BCUT2D eigenvalue weighted by Gasteiger charge is 2.32. The van der Waals surface area contributed by atoms with Gasteiger partial charge in [-0.3, -0.25) is 0 Å². The van der Waals surface area contributed by atoms with Crippen LogP contribution in [0.5, 0.6) is 0 Å². The zero-order valence-electron chi connectivity index (χ0n) is 10.9. The minimum absolute atomic E-state index is 0.235. The summed E-state index contributed by atoms with van der Waals surface area (Å²) in [6, 6.07) is 16.3. The number of anilines is 1. The predicted molar refractivity (Wildman–Crippen MR) is 78.0 cm³/mol. The number of nitrogens with one attached hydrogen (secondary N) is 2. The van der Waals surface area contributed by atoms with Gasteiger partial charge in [-0.25, -0.2) is 0 Å². The number of hydrogen-bond donors (Lipinski definition) is 3. The normalized spacial score (nSPS) is 11.6. The molecule has 1 aromatic carbocycles. The number of nitrogens with two attached hydrogens (primary N) is 1. The van der Waals surface area contributed by atoms with Gasteiger partial charge in [0.2, 0.25) is 0 Å². The van der Waals surface area contributed by atoms with Gasteiger partial charge in [-0.1, -0.05) is 12.1 Å². The molecule has 2 aromatic heterocycles. The SMILES string of the molecule is CC(c1ccc(N)cc1)(c1ccc[nH]1)c1ccc[nH]1. The molecule has 0 radical (unpaired) electrons. The summed E-state index contributed by atoms with van der Waals surface area (Å²) in [4.78, 5) is 6.66. The van der Waals surface area contributed by atoms with E-state index in [0.29, 0.717) is 0 Å². The van der Waals surface area contributed by atoms with E-state index in [4.69, 9.17) is 5.73 Å². The van der Waals surface area contributed by atoms with Crippen LogP contribution in [0.15, 0.2) is 60.9 Å². The second-order valence-electron chi connectivity index (χ2n) is 4.91. The Balaban J connectivity index is 2.20. The molecular formula is C16H17N3. The molecule has 0 amide bonds. The summed E-state index contributed by atoms with van der Waals surface area (Å²) in [6.45, 7) is 2.20. The molecule has 0 aliphatic carbocycles. The lowest BCUT2D eigenvalue weighted by Gasteiger charge is -2.29. The van der Waals surface area contributed by atoms with E-state index < -0.39 is 0 Å². The lowest BCUT2D eigenvalue weighted by atomic mass is 9.76. The molecule has 3 rings (SSSR count). The van der Waals surface area contributed by atoms with Gasteiger partial charge in [-0.05, 0) is 48.9 Å². The fourth-order valence-electron chi connectivity index (χ4n) is 2.56. The first kappa shape index (κ1) is 11.7. The Morgan fingerprint density at radius 3 is 1.79 bits per heavy atom. The first-order chi connectivity index (χ1) is 9.21. The van der Waals surface area contributed by atoms with Crippen molar-refractivity contribution < 1.29 is 0 Å². The molecule has 2 heterocycles. The molecule has 4 N–H and O–H groups in total. The summed E-state index contributed by atoms with van der Waals surface area (Å²) in [5, 5.41) is 0. The largest absolute Gasteiger partial charge is 0.399 e. The van der Waals surface area contributed by atoms with Crippen LogP contribution in [0.25, 0.3) is 0 Å². The molecule has 0 atom stereocenters. The number of hydrogen-bond acceptors (Lipinski definition) is 1. The number of benzene rings is 1. The monoisotopic (exact) mass is 251 g/mol. The van der Waals surface area contributed by atoms with E-state index in [0.717, 1.165) is 17.1 Å². The van der Waals surface area contributed by atoms with Gasteiger partial charge in [0.25, 0.3) is 0 Å². The molecule has 3 nitrogen and oxygen atoms in total. The molecule has 0 fully saturated rings. The molecule has 0 aliphatic rings. The summed E-state index contributed by atoms with van der Waals surface area (Å²) in [7, 11) is 0. The quantitative estimate of drug-likeness (QED) is 0.615. The molecule has 3 heteroatoms. The van der Waals surface area contributed by atoms with Crippen molar-refractivity contribution in [1.29, 1.82) is 0 Å². The third kappa shape index (κ3) is 1.83. The second-order valence-corrected chi connectivity index (χ2v) is 4.91. The highest BCUT2D eigenvalue weighted by atomic mass is 14.8. The van der Waals surface area contributed by atoms with Crippen LogP contribution in [0.1, 0.15) is 23.9 Å². The molecule has 3 aromatic rings. The lowest BCUT2D eigenvalue weighted by Crippen LogP contribution is -2.26. The average Bonchev–Trinajstić information content (AvgIpc) is 3.12. The zero-order valence-corrected chi connectivity index (χ0v) is 10.9. The van der Waals surface area contributed by atoms with Crippen LogP contribution < -0.4 is 5.73 Å². The maximum absolute atomic E-state index is 5.79.